The molecule has 0 saturated carbocycles. The number of esters is 2. The van der Waals surface area contributed by atoms with E-state index in [9.17, 15) is 19.0 Å². The van der Waals surface area contributed by atoms with Gasteiger partial charge in [-0.05, 0) is 103 Å². The Morgan fingerprint density at radius 3 is 1.18 bits per heavy atom. The fraction of sp³-hybridized carbons (Fsp3) is 0.651. The number of carbonyl (C=O) groups is 2. The minimum Gasteiger partial charge on any atom is -0.462 e. The predicted octanol–water partition coefficient (Wildman–Crippen LogP) is 18.4. The lowest BCUT2D eigenvalue weighted by Crippen LogP contribution is -2.29. The fourth-order valence-electron chi connectivity index (χ4n) is 7.57. The maximum Gasteiger partial charge on any atom is 0.472 e. The number of phosphoric acid groups is 1. The van der Waals surface area contributed by atoms with Crippen molar-refractivity contribution >= 4 is 19.8 Å². The molecule has 0 aliphatic rings. The first-order valence-electron chi connectivity index (χ1n) is 29.0. The largest absolute Gasteiger partial charge is 0.472 e. The van der Waals surface area contributed by atoms with E-state index in [1.165, 1.54) is 116 Å². The van der Waals surface area contributed by atoms with Crippen LogP contribution in [0.2, 0.25) is 0 Å². The molecule has 3 N–H and O–H groups in total. The average molecular weight is 1040 g/mol. The van der Waals surface area contributed by atoms with E-state index in [1.54, 1.807) is 0 Å². The second-order valence-electron chi connectivity index (χ2n) is 18.8. The van der Waals surface area contributed by atoms with Crippen molar-refractivity contribution in [1.29, 1.82) is 0 Å². The Morgan fingerprint density at radius 1 is 0.425 bits per heavy atom. The molecular weight excluding hydrogens is 930 g/mol. The standard InChI is InChI=1S/C63H106NO8P/c1-3-5-7-9-11-13-15-17-19-21-23-25-27-28-29-30-31-32-34-36-38-40-42-44-46-48-50-52-54-56-63(66)72-61(60-71-73(67,68)70-58-57-64)59-69-62(65)55-53-51-49-47-45-43-41-39-37-35-33-26-24-22-20-18-16-14-12-10-8-6-4-2/h5,7,11,13,17,19,22-25,28-29,31-32,36,38,42,44,48,50,61H,3-4,6,8-10,12,14-16,18,20-21,26-27,30,33-35,37,39-41,43,45-47,49,51-60,64H2,1-2H3,(H,67,68)/b7-5-,13-11-,19-17-,24-22-,25-23-,29-28-,32-31-,38-36-,44-42-,50-48-. The van der Waals surface area contributed by atoms with E-state index >= 15 is 0 Å². The summed E-state index contributed by atoms with van der Waals surface area (Å²) in [5.74, 6) is -0.903. The quantitative estimate of drug-likeness (QED) is 0.0264. The zero-order valence-corrected chi connectivity index (χ0v) is 47.2. The molecule has 0 aromatic heterocycles. The molecule has 2 unspecified atom stereocenters. The minimum absolute atomic E-state index is 0.0379. The monoisotopic (exact) mass is 1040 g/mol. The van der Waals surface area contributed by atoms with Crippen LogP contribution in [0.15, 0.2) is 122 Å². The van der Waals surface area contributed by atoms with Gasteiger partial charge in [-0.3, -0.25) is 18.6 Å². The molecule has 0 heterocycles. The van der Waals surface area contributed by atoms with Crippen molar-refractivity contribution < 1.29 is 37.6 Å². The molecule has 0 fully saturated rings. The van der Waals surface area contributed by atoms with Gasteiger partial charge in [-0.15, -0.1) is 0 Å². The number of hydrogen-bond acceptors (Lipinski definition) is 8. The van der Waals surface area contributed by atoms with Crippen LogP contribution in [-0.4, -0.2) is 49.3 Å². The molecule has 73 heavy (non-hydrogen) atoms. The summed E-state index contributed by atoms with van der Waals surface area (Å²) in [5, 5.41) is 0. The second kappa shape index (κ2) is 57.7. The Kier molecular flexibility index (Phi) is 54.8. The molecule has 416 valence electrons. The maximum absolute atomic E-state index is 12.7. The normalized spacial score (nSPS) is 14.0. The summed E-state index contributed by atoms with van der Waals surface area (Å²) < 4.78 is 33.0. The molecule has 0 aliphatic heterocycles. The van der Waals surface area contributed by atoms with Crippen LogP contribution in [-0.2, 0) is 32.7 Å². The summed E-state index contributed by atoms with van der Waals surface area (Å²) in [4.78, 5) is 35.2. The lowest BCUT2D eigenvalue weighted by molar-refractivity contribution is -0.161. The van der Waals surface area contributed by atoms with E-state index < -0.39 is 32.5 Å². The van der Waals surface area contributed by atoms with E-state index in [-0.39, 0.29) is 32.6 Å². The summed E-state index contributed by atoms with van der Waals surface area (Å²) in [6, 6.07) is 0. The first-order valence-corrected chi connectivity index (χ1v) is 30.5. The van der Waals surface area contributed by atoms with Gasteiger partial charge in [0.1, 0.15) is 6.61 Å². The van der Waals surface area contributed by atoms with Gasteiger partial charge in [0.15, 0.2) is 6.10 Å². The Morgan fingerprint density at radius 2 is 0.767 bits per heavy atom. The molecule has 0 saturated heterocycles. The van der Waals surface area contributed by atoms with Crippen molar-refractivity contribution in [3.05, 3.63) is 122 Å². The fourth-order valence-corrected chi connectivity index (χ4v) is 8.34. The number of nitrogens with two attached hydrogens (primary N) is 1. The summed E-state index contributed by atoms with van der Waals surface area (Å²) in [6.07, 6.45) is 79.7. The molecular formula is C63H106NO8P. The summed E-state index contributed by atoms with van der Waals surface area (Å²) in [7, 11) is -4.41. The van der Waals surface area contributed by atoms with Crippen molar-refractivity contribution in [1.82, 2.24) is 0 Å². The highest BCUT2D eigenvalue weighted by atomic mass is 31.2. The second-order valence-corrected chi connectivity index (χ2v) is 20.2. The molecule has 9 nitrogen and oxygen atoms in total. The molecule has 2 atom stereocenters. The molecule has 0 radical (unpaired) electrons. The minimum atomic E-state index is -4.41. The van der Waals surface area contributed by atoms with E-state index in [4.69, 9.17) is 24.3 Å². The lowest BCUT2D eigenvalue weighted by Gasteiger charge is -2.19. The van der Waals surface area contributed by atoms with Crippen LogP contribution in [0.1, 0.15) is 232 Å². The van der Waals surface area contributed by atoms with E-state index in [2.05, 4.69) is 129 Å². The highest BCUT2D eigenvalue weighted by Crippen LogP contribution is 2.43. The van der Waals surface area contributed by atoms with Crippen LogP contribution in [0.4, 0.5) is 0 Å². The van der Waals surface area contributed by atoms with Crippen molar-refractivity contribution in [3.63, 3.8) is 0 Å². The first kappa shape index (κ1) is 69.4. The molecule has 0 bridgehead atoms. The van der Waals surface area contributed by atoms with Crippen molar-refractivity contribution in [2.24, 2.45) is 5.73 Å². The average Bonchev–Trinajstić information content (AvgIpc) is 3.38. The SMILES string of the molecule is CC/C=C\C/C=C\C/C=C\C/C=C\C/C=C\C/C=C\C/C=C\C/C=C\C/C=C\CCCC(=O)OC(COC(=O)CCCCCCCCCCCCC/C=C\CCCCCCCCCC)COP(=O)(O)OCCN. The van der Waals surface area contributed by atoms with Gasteiger partial charge in [-0.2, -0.15) is 0 Å². The third-order valence-electron chi connectivity index (χ3n) is 11.8. The van der Waals surface area contributed by atoms with Gasteiger partial charge in [-0.1, -0.05) is 238 Å². The van der Waals surface area contributed by atoms with Gasteiger partial charge in [0, 0.05) is 19.4 Å². The molecule has 0 spiro atoms. The molecule has 0 aromatic carbocycles. The van der Waals surface area contributed by atoms with Crippen LogP contribution in [0.25, 0.3) is 0 Å². The van der Waals surface area contributed by atoms with Gasteiger partial charge in [0.25, 0.3) is 0 Å². The van der Waals surface area contributed by atoms with Crippen LogP contribution in [0.5, 0.6) is 0 Å². The Hall–Kier alpha value is -3.59. The topological polar surface area (TPSA) is 134 Å². The lowest BCUT2D eigenvalue weighted by atomic mass is 10.0. The Bertz CT molecular complexity index is 1600. The highest BCUT2D eigenvalue weighted by Gasteiger charge is 2.26. The molecule has 0 rings (SSSR count). The van der Waals surface area contributed by atoms with E-state index in [1.807, 2.05) is 6.08 Å². The van der Waals surface area contributed by atoms with Crippen LogP contribution >= 0.6 is 7.82 Å². The number of phosphoric ester groups is 1. The zero-order valence-electron chi connectivity index (χ0n) is 46.3. The third kappa shape index (κ3) is 57.5. The van der Waals surface area contributed by atoms with Crippen LogP contribution in [0, 0.1) is 0 Å². The van der Waals surface area contributed by atoms with Gasteiger partial charge in [-0.25, -0.2) is 4.57 Å². The maximum atomic E-state index is 12.7. The predicted molar refractivity (Wildman–Crippen MR) is 311 cm³/mol. The van der Waals surface area contributed by atoms with Gasteiger partial charge in [0.05, 0.1) is 13.2 Å². The molecule has 0 aliphatic carbocycles. The van der Waals surface area contributed by atoms with E-state index in [0.717, 1.165) is 77.0 Å². The zero-order chi connectivity index (χ0) is 53.1. The number of ether oxygens (including phenoxy) is 2. The van der Waals surface area contributed by atoms with Gasteiger partial charge >= 0.3 is 19.8 Å². The van der Waals surface area contributed by atoms with Crippen molar-refractivity contribution in [3.8, 4) is 0 Å². The first-order chi connectivity index (χ1) is 35.8. The van der Waals surface area contributed by atoms with Crippen molar-refractivity contribution in [2.75, 3.05) is 26.4 Å². The number of rotatable bonds is 53. The highest BCUT2D eigenvalue weighted by molar-refractivity contribution is 7.47. The van der Waals surface area contributed by atoms with Gasteiger partial charge < -0.3 is 20.1 Å². The Balaban J connectivity index is 4.13. The number of hydrogen-bond donors (Lipinski definition) is 2. The summed E-state index contributed by atoms with van der Waals surface area (Å²) >= 11 is 0. The molecule has 10 heteroatoms. The third-order valence-corrected chi connectivity index (χ3v) is 12.8. The molecule has 0 aromatic rings. The number of unbranched alkanes of at least 4 members (excludes halogenated alkanes) is 20. The summed E-state index contributed by atoms with van der Waals surface area (Å²) in [5.41, 5.74) is 5.38. The number of allylic oxidation sites excluding steroid dienone is 20. The number of carbonyl (C=O) groups excluding carboxylic acids is 2. The van der Waals surface area contributed by atoms with Crippen LogP contribution in [0.3, 0.4) is 0 Å². The van der Waals surface area contributed by atoms with Crippen molar-refractivity contribution in [2.45, 2.75) is 238 Å². The smallest absolute Gasteiger partial charge is 0.462 e. The van der Waals surface area contributed by atoms with Gasteiger partial charge in [0.2, 0.25) is 0 Å². The summed E-state index contributed by atoms with van der Waals surface area (Å²) in [6.45, 7) is 3.56. The Labute approximate surface area is 447 Å². The van der Waals surface area contributed by atoms with Crippen LogP contribution < -0.4 is 5.73 Å². The van der Waals surface area contributed by atoms with E-state index in [0.29, 0.717) is 12.8 Å². The molecule has 0 amide bonds.